The van der Waals surface area contributed by atoms with Crippen molar-refractivity contribution in [1.29, 1.82) is 0 Å². The number of nitrogens with one attached hydrogen (secondary N) is 1. The SMILES string of the molecule is Cc1cc(NCc2ccncc2C)c([N+](=O)[O-])cc1F. The monoisotopic (exact) mass is 275 g/mol. The van der Waals surface area contributed by atoms with Crippen molar-refractivity contribution in [3.63, 3.8) is 0 Å². The molecule has 0 aliphatic rings. The lowest BCUT2D eigenvalue weighted by Crippen LogP contribution is -2.05. The second-order valence-electron chi connectivity index (χ2n) is 4.53. The van der Waals surface area contributed by atoms with Gasteiger partial charge >= 0.3 is 0 Å². The van der Waals surface area contributed by atoms with Gasteiger partial charge in [0.1, 0.15) is 11.5 Å². The predicted octanol–water partition coefficient (Wildman–Crippen LogP) is 3.36. The van der Waals surface area contributed by atoms with Crippen molar-refractivity contribution >= 4 is 11.4 Å². The average Bonchev–Trinajstić information content (AvgIpc) is 2.41. The molecule has 1 N–H and O–H groups in total. The summed E-state index contributed by atoms with van der Waals surface area (Å²) < 4.78 is 13.4. The largest absolute Gasteiger partial charge is 0.375 e. The van der Waals surface area contributed by atoms with Crippen LogP contribution in [0, 0.1) is 29.8 Å². The molecule has 5 nitrogen and oxygen atoms in total. The van der Waals surface area contributed by atoms with Crippen molar-refractivity contribution in [3.05, 3.63) is 63.2 Å². The van der Waals surface area contributed by atoms with Crippen molar-refractivity contribution in [2.24, 2.45) is 0 Å². The van der Waals surface area contributed by atoms with Gasteiger partial charge in [-0.15, -0.1) is 0 Å². The minimum absolute atomic E-state index is 0.264. The zero-order valence-corrected chi connectivity index (χ0v) is 11.2. The molecule has 1 aromatic carbocycles. The summed E-state index contributed by atoms with van der Waals surface area (Å²) in [4.78, 5) is 14.3. The van der Waals surface area contributed by atoms with Crippen LogP contribution in [0.4, 0.5) is 15.8 Å². The van der Waals surface area contributed by atoms with E-state index in [1.807, 2.05) is 13.0 Å². The molecule has 0 radical (unpaired) electrons. The summed E-state index contributed by atoms with van der Waals surface area (Å²) in [5.74, 6) is -0.581. The smallest absolute Gasteiger partial charge is 0.295 e. The van der Waals surface area contributed by atoms with E-state index in [2.05, 4.69) is 10.3 Å². The number of aromatic nitrogens is 1. The molecule has 0 unspecified atom stereocenters. The van der Waals surface area contributed by atoms with Crippen molar-refractivity contribution in [1.82, 2.24) is 4.98 Å². The highest BCUT2D eigenvalue weighted by Crippen LogP contribution is 2.28. The molecule has 20 heavy (non-hydrogen) atoms. The molecule has 2 aromatic rings. The van der Waals surface area contributed by atoms with Crippen LogP contribution in [-0.2, 0) is 6.54 Å². The molecule has 0 amide bonds. The highest BCUT2D eigenvalue weighted by atomic mass is 19.1. The summed E-state index contributed by atoms with van der Waals surface area (Å²) >= 11 is 0. The Labute approximate surface area is 115 Å². The van der Waals surface area contributed by atoms with E-state index in [-0.39, 0.29) is 5.69 Å². The molecule has 1 aromatic heterocycles. The standard InChI is InChI=1S/C14H14FN3O2/c1-9-5-13(14(18(19)20)6-12(9)15)17-8-11-3-4-16-7-10(11)2/h3-7,17H,8H2,1-2H3. The lowest BCUT2D eigenvalue weighted by Gasteiger charge is -2.10. The third kappa shape index (κ3) is 2.90. The lowest BCUT2D eigenvalue weighted by molar-refractivity contribution is -0.384. The van der Waals surface area contributed by atoms with Gasteiger partial charge in [0.2, 0.25) is 0 Å². The molecule has 6 heteroatoms. The summed E-state index contributed by atoms with van der Waals surface area (Å²) in [5.41, 5.74) is 2.38. The second kappa shape index (κ2) is 5.64. The topological polar surface area (TPSA) is 68.1 Å². The van der Waals surface area contributed by atoms with Gasteiger partial charge in [0, 0.05) is 18.9 Å². The summed E-state index contributed by atoms with van der Waals surface area (Å²) in [6, 6.07) is 4.23. The maximum atomic E-state index is 13.4. The Bertz CT molecular complexity index is 659. The number of hydrogen-bond donors (Lipinski definition) is 1. The Kier molecular flexibility index (Phi) is 3.93. The quantitative estimate of drug-likeness (QED) is 0.686. The van der Waals surface area contributed by atoms with Crippen LogP contribution in [0.2, 0.25) is 0 Å². The van der Waals surface area contributed by atoms with E-state index in [0.29, 0.717) is 17.8 Å². The summed E-state index contributed by atoms with van der Waals surface area (Å²) in [7, 11) is 0. The van der Waals surface area contributed by atoms with E-state index in [1.165, 1.54) is 6.07 Å². The van der Waals surface area contributed by atoms with Crippen LogP contribution in [0.25, 0.3) is 0 Å². The van der Waals surface area contributed by atoms with E-state index < -0.39 is 10.7 Å². The zero-order valence-electron chi connectivity index (χ0n) is 11.2. The van der Waals surface area contributed by atoms with Crippen molar-refractivity contribution in [2.45, 2.75) is 20.4 Å². The van der Waals surface area contributed by atoms with Crippen LogP contribution < -0.4 is 5.32 Å². The number of benzene rings is 1. The molecule has 0 aliphatic heterocycles. The zero-order chi connectivity index (χ0) is 14.7. The minimum Gasteiger partial charge on any atom is -0.375 e. The fourth-order valence-corrected chi connectivity index (χ4v) is 1.85. The van der Waals surface area contributed by atoms with E-state index in [9.17, 15) is 14.5 Å². The Morgan fingerprint density at radius 1 is 1.35 bits per heavy atom. The first-order valence-corrected chi connectivity index (χ1v) is 6.07. The van der Waals surface area contributed by atoms with Crippen LogP contribution in [0.15, 0.2) is 30.6 Å². The molecule has 0 fully saturated rings. The molecular formula is C14H14FN3O2. The van der Waals surface area contributed by atoms with Crippen LogP contribution in [0.5, 0.6) is 0 Å². The van der Waals surface area contributed by atoms with Crippen LogP contribution >= 0.6 is 0 Å². The molecule has 104 valence electrons. The first kappa shape index (κ1) is 13.9. The highest BCUT2D eigenvalue weighted by molar-refractivity contribution is 5.63. The van der Waals surface area contributed by atoms with Crippen molar-refractivity contribution in [3.8, 4) is 0 Å². The number of halogens is 1. The number of nitro groups is 1. The molecular weight excluding hydrogens is 261 g/mol. The van der Waals surface area contributed by atoms with Gasteiger partial charge in [-0.1, -0.05) is 0 Å². The van der Waals surface area contributed by atoms with E-state index in [0.717, 1.165) is 17.2 Å². The van der Waals surface area contributed by atoms with Gasteiger partial charge in [-0.3, -0.25) is 15.1 Å². The van der Waals surface area contributed by atoms with Gasteiger partial charge in [0.15, 0.2) is 0 Å². The second-order valence-corrected chi connectivity index (χ2v) is 4.53. The number of nitro benzene ring substituents is 1. The lowest BCUT2D eigenvalue weighted by atomic mass is 10.1. The fraction of sp³-hybridized carbons (Fsp3) is 0.214. The number of anilines is 1. The van der Waals surface area contributed by atoms with E-state index in [1.54, 1.807) is 19.3 Å². The van der Waals surface area contributed by atoms with Gasteiger partial charge in [-0.05, 0) is 42.7 Å². The average molecular weight is 275 g/mol. The molecule has 0 atom stereocenters. The first-order valence-electron chi connectivity index (χ1n) is 6.07. The van der Waals surface area contributed by atoms with E-state index in [4.69, 9.17) is 0 Å². The maximum absolute atomic E-state index is 13.4. The van der Waals surface area contributed by atoms with Gasteiger partial charge in [0.05, 0.1) is 11.0 Å². The summed E-state index contributed by atoms with van der Waals surface area (Å²) in [6.07, 6.45) is 3.38. The minimum atomic E-state index is -0.593. The molecule has 0 saturated heterocycles. The molecule has 1 heterocycles. The van der Waals surface area contributed by atoms with Crippen molar-refractivity contribution < 1.29 is 9.31 Å². The first-order chi connectivity index (χ1) is 9.49. The highest BCUT2D eigenvalue weighted by Gasteiger charge is 2.16. The number of aryl methyl sites for hydroxylation is 2. The molecule has 0 spiro atoms. The third-order valence-corrected chi connectivity index (χ3v) is 3.08. The normalized spacial score (nSPS) is 10.3. The Balaban J connectivity index is 2.27. The number of nitrogens with zero attached hydrogens (tertiary/aromatic N) is 2. The predicted molar refractivity (Wildman–Crippen MR) is 74.1 cm³/mol. The van der Waals surface area contributed by atoms with Gasteiger partial charge in [-0.2, -0.15) is 0 Å². The number of pyridine rings is 1. The Morgan fingerprint density at radius 3 is 2.75 bits per heavy atom. The summed E-state index contributed by atoms with van der Waals surface area (Å²) in [5, 5.41) is 13.9. The third-order valence-electron chi connectivity index (χ3n) is 3.08. The van der Waals surface area contributed by atoms with Gasteiger partial charge in [-0.25, -0.2) is 4.39 Å². The number of rotatable bonds is 4. The Morgan fingerprint density at radius 2 is 2.10 bits per heavy atom. The Hall–Kier alpha value is -2.50. The van der Waals surface area contributed by atoms with Crippen LogP contribution in [-0.4, -0.2) is 9.91 Å². The van der Waals surface area contributed by atoms with Gasteiger partial charge in [0.25, 0.3) is 5.69 Å². The summed E-state index contributed by atoms with van der Waals surface area (Å²) in [6.45, 7) is 3.90. The fourth-order valence-electron chi connectivity index (χ4n) is 1.85. The van der Waals surface area contributed by atoms with Crippen LogP contribution in [0.3, 0.4) is 0 Å². The van der Waals surface area contributed by atoms with Gasteiger partial charge < -0.3 is 5.32 Å². The van der Waals surface area contributed by atoms with Crippen LogP contribution in [0.1, 0.15) is 16.7 Å². The molecule has 0 saturated carbocycles. The van der Waals surface area contributed by atoms with Crippen molar-refractivity contribution in [2.75, 3.05) is 5.32 Å². The van der Waals surface area contributed by atoms with E-state index >= 15 is 0 Å². The molecule has 2 rings (SSSR count). The number of hydrogen-bond acceptors (Lipinski definition) is 4. The molecule has 0 bridgehead atoms. The maximum Gasteiger partial charge on any atom is 0.295 e. The molecule has 0 aliphatic carbocycles.